The lowest BCUT2D eigenvalue weighted by Crippen LogP contribution is -2.13. The van der Waals surface area contributed by atoms with Crippen LogP contribution in [-0.4, -0.2) is 8.42 Å². The minimum Gasteiger partial charge on any atom is -0.280 e. The maximum atomic E-state index is 12.3. The summed E-state index contributed by atoms with van der Waals surface area (Å²) < 4.78 is 28.0. The van der Waals surface area contributed by atoms with Gasteiger partial charge in [0.2, 0.25) is 0 Å². The van der Waals surface area contributed by atoms with Gasteiger partial charge in [-0.3, -0.25) is 4.72 Å². The van der Waals surface area contributed by atoms with Crippen LogP contribution in [0.5, 0.6) is 0 Å². The fourth-order valence-corrected chi connectivity index (χ4v) is 3.22. The van der Waals surface area contributed by atoms with Crippen molar-refractivity contribution in [1.82, 2.24) is 0 Å². The highest BCUT2D eigenvalue weighted by molar-refractivity contribution is 9.10. The van der Waals surface area contributed by atoms with Crippen molar-refractivity contribution in [3.8, 4) is 0 Å². The number of aryl methyl sites for hydroxylation is 2. The van der Waals surface area contributed by atoms with Gasteiger partial charge in [-0.15, -0.1) is 0 Å². The van der Waals surface area contributed by atoms with E-state index in [4.69, 9.17) is 11.6 Å². The van der Waals surface area contributed by atoms with E-state index in [1.165, 1.54) is 0 Å². The van der Waals surface area contributed by atoms with Gasteiger partial charge in [0.15, 0.2) is 0 Å². The second-order valence-corrected chi connectivity index (χ2v) is 7.42. The van der Waals surface area contributed by atoms with Crippen LogP contribution in [-0.2, 0) is 10.0 Å². The number of hydrogen-bond donors (Lipinski definition) is 1. The van der Waals surface area contributed by atoms with Crippen LogP contribution in [0.1, 0.15) is 11.1 Å². The zero-order valence-electron chi connectivity index (χ0n) is 10.9. The molecule has 6 heteroatoms. The molecule has 20 heavy (non-hydrogen) atoms. The minimum atomic E-state index is -3.61. The Bertz CT molecular complexity index is 760. The van der Waals surface area contributed by atoms with Crippen molar-refractivity contribution >= 4 is 43.2 Å². The molecule has 0 heterocycles. The number of benzene rings is 2. The molecule has 0 bridgehead atoms. The fraction of sp³-hybridized carbons (Fsp3) is 0.143. The van der Waals surface area contributed by atoms with Gasteiger partial charge in [-0.05, 0) is 55.3 Å². The Labute approximate surface area is 132 Å². The van der Waals surface area contributed by atoms with E-state index < -0.39 is 10.0 Å². The monoisotopic (exact) mass is 373 g/mol. The molecule has 106 valence electrons. The van der Waals surface area contributed by atoms with E-state index in [-0.39, 0.29) is 4.90 Å². The standard InChI is InChI=1S/C14H13BrClNO2S/c1-9-3-4-11(8-14(9)16)17-20(18,19)12-5-6-13(15)10(2)7-12/h3-8,17H,1-2H3. The number of hydrogen-bond acceptors (Lipinski definition) is 2. The molecule has 0 aromatic heterocycles. The molecule has 0 saturated carbocycles. The summed E-state index contributed by atoms with van der Waals surface area (Å²) in [6.07, 6.45) is 0. The molecule has 2 aromatic rings. The Morgan fingerprint density at radius 3 is 2.35 bits per heavy atom. The summed E-state index contributed by atoms with van der Waals surface area (Å²) in [4.78, 5) is 0.217. The van der Waals surface area contributed by atoms with Gasteiger partial charge in [0.25, 0.3) is 10.0 Å². The highest BCUT2D eigenvalue weighted by Crippen LogP contribution is 2.24. The summed E-state index contributed by atoms with van der Waals surface area (Å²) >= 11 is 9.34. The van der Waals surface area contributed by atoms with E-state index in [0.29, 0.717) is 10.7 Å². The van der Waals surface area contributed by atoms with Gasteiger partial charge >= 0.3 is 0 Å². The Balaban J connectivity index is 2.35. The van der Waals surface area contributed by atoms with Crippen molar-refractivity contribution in [2.75, 3.05) is 4.72 Å². The predicted octanol–water partition coefficient (Wildman–Crippen LogP) is 4.52. The molecule has 2 rings (SSSR count). The maximum absolute atomic E-state index is 12.3. The van der Waals surface area contributed by atoms with Crippen molar-refractivity contribution in [3.05, 3.63) is 57.0 Å². The Morgan fingerprint density at radius 1 is 1.05 bits per heavy atom. The van der Waals surface area contributed by atoms with E-state index in [2.05, 4.69) is 20.7 Å². The maximum Gasteiger partial charge on any atom is 0.261 e. The smallest absolute Gasteiger partial charge is 0.261 e. The van der Waals surface area contributed by atoms with E-state index in [9.17, 15) is 8.42 Å². The summed E-state index contributed by atoms with van der Waals surface area (Å²) in [5.74, 6) is 0. The summed E-state index contributed by atoms with van der Waals surface area (Å²) in [6.45, 7) is 3.70. The molecule has 3 nitrogen and oxygen atoms in total. The lowest BCUT2D eigenvalue weighted by Gasteiger charge is -2.10. The molecule has 0 radical (unpaired) electrons. The number of nitrogens with one attached hydrogen (secondary N) is 1. The zero-order chi connectivity index (χ0) is 14.9. The normalized spacial score (nSPS) is 11.4. The number of halogens is 2. The van der Waals surface area contributed by atoms with Gasteiger partial charge < -0.3 is 0 Å². The zero-order valence-corrected chi connectivity index (χ0v) is 14.1. The van der Waals surface area contributed by atoms with Crippen LogP contribution in [0.4, 0.5) is 5.69 Å². The summed E-state index contributed by atoms with van der Waals surface area (Å²) in [7, 11) is -3.61. The average molecular weight is 375 g/mol. The summed E-state index contributed by atoms with van der Waals surface area (Å²) in [5.41, 5.74) is 2.20. The molecule has 0 unspecified atom stereocenters. The third kappa shape index (κ3) is 3.34. The average Bonchev–Trinajstić information content (AvgIpc) is 2.37. The van der Waals surface area contributed by atoms with Crippen molar-refractivity contribution < 1.29 is 8.42 Å². The Kier molecular flexibility index (Phi) is 4.42. The van der Waals surface area contributed by atoms with Crippen molar-refractivity contribution in [2.45, 2.75) is 18.7 Å². The van der Waals surface area contributed by atoms with Crippen molar-refractivity contribution in [2.24, 2.45) is 0 Å². The van der Waals surface area contributed by atoms with Crippen LogP contribution in [0, 0.1) is 13.8 Å². The van der Waals surface area contributed by atoms with Gasteiger partial charge in [0.1, 0.15) is 0 Å². The molecule has 0 aliphatic rings. The van der Waals surface area contributed by atoms with Crippen LogP contribution < -0.4 is 4.72 Å². The molecule has 0 fully saturated rings. The molecular weight excluding hydrogens is 362 g/mol. The first-order valence-corrected chi connectivity index (χ1v) is 8.50. The van der Waals surface area contributed by atoms with Gasteiger partial charge in [-0.25, -0.2) is 8.42 Å². The molecule has 0 amide bonds. The van der Waals surface area contributed by atoms with Crippen LogP contribution in [0.15, 0.2) is 45.8 Å². The second-order valence-electron chi connectivity index (χ2n) is 4.48. The van der Waals surface area contributed by atoms with Gasteiger partial charge in [-0.1, -0.05) is 33.6 Å². The Morgan fingerprint density at radius 2 is 1.75 bits per heavy atom. The highest BCUT2D eigenvalue weighted by atomic mass is 79.9. The van der Waals surface area contributed by atoms with Crippen LogP contribution in [0.3, 0.4) is 0 Å². The highest BCUT2D eigenvalue weighted by Gasteiger charge is 2.15. The molecule has 0 saturated heterocycles. The number of anilines is 1. The predicted molar refractivity (Wildman–Crippen MR) is 85.9 cm³/mol. The lowest BCUT2D eigenvalue weighted by molar-refractivity contribution is 0.601. The van der Waals surface area contributed by atoms with Crippen molar-refractivity contribution in [3.63, 3.8) is 0 Å². The number of rotatable bonds is 3. The van der Waals surface area contributed by atoms with E-state index >= 15 is 0 Å². The number of sulfonamides is 1. The van der Waals surface area contributed by atoms with Crippen molar-refractivity contribution in [1.29, 1.82) is 0 Å². The van der Waals surface area contributed by atoms with E-state index in [1.807, 2.05) is 13.8 Å². The molecule has 0 spiro atoms. The molecule has 0 aliphatic heterocycles. The van der Waals surface area contributed by atoms with Crippen LogP contribution in [0.25, 0.3) is 0 Å². The first-order chi connectivity index (χ1) is 9.29. The molecule has 2 aromatic carbocycles. The third-order valence-corrected chi connectivity index (χ3v) is 5.54. The first-order valence-electron chi connectivity index (χ1n) is 5.85. The molecule has 1 N–H and O–H groups in total. The lowest BCUT2D eigenvalue weighted by atomic mass is 10.2. The molecular formula is C14H13BrClNO2S. The van der Waals surface area contributed by atoms with Crippen LogP contribution >= 0.6 is 27.5 Å². The fourth-order valence-electron chi connectivity index (χ4n) is 1.65. The first kappa shape index (κ1) is 15.4. The summed E-state index contributed by atoms with van der Waals surface area (Å²) in [6, 6.07) is 9.93. The quantitative estimate of drug-likeness (QED) is 0.858. The van der Waals surface area contributed by atoms with Gasteiger partial charge in [0.05, 0.1) is 10.6 Å². The van der Waals surface area contributed by atoms with E-state index in [1.54, 1.807) is 36.4 Å². The Hall–Kier alpha value is -1.04. The largest absolute Gasteiger partial charge is 0.280 e. The minimum absolute atomic E-state index is 0.217. The summed E-state index contributed by atoms with van der Waals surface area (Å²) in [5, 5.41) is 0.525. The van der Waals surface area contributed by atoms with Gasteiger partial charge in [0, 0.05) is 9.50 Å². The van der Waals surface area contributed by atoms with E-state index in [0.717, 1.165) is 15.6 Å². The molecule has 0 atom stereocenters. The van der Waals surface area contributed by atoms with Crippen LogP contribution in [0.2, 0.25) is 5.02 Å². The second kappa shape index (κ2) is 5.76. The van der Waals surface area contributed by atoms with Gasteiger partial charge in [-0.2, -0.15) is 0 Å². The molecule has 0 aliphatic carbocycles. The third-order valence-electron chi connectivity index (χ3n) is 2.86. The topological polar surface area (TPSA) is 46.2 Å². The SMILES string of the molecule is Cc1ccc(NS(=O)(=O)c2ccc(Br)c(C)c2)cc1Cl.